The van der Waals surface area contributed by atoms with Crippen LogP contribution in [0.1, 0.15) is 20.3 Å². The number of rotatable bonds is 5. The molecule has 18 heavy (non-hydrogen) atoms. The highest BCUT2D eigenvalue weighted by Crippen LogP contribution is 2.26. The Morgan fingerprint density at radius 2 is 2.00 bits per heavy atom. The fourth-order valence-electron chi connectivity index (χ4n) is 1.45. The topological polar surface area (TPSA) is 63.4 Å². The summed E-state index contributed by atoms with van der Waals surface area (Å²) in [6.07, 6.45) is 0.801. The van der Waals surface area contributed by atoms with Gasteiger partial charge in [-0.2, -0.15) is 0 Å². The van der Waals surface area contributed by atoms with Crippen LogP contribution in [0.2, 0.25) is 5.02 Å². The predicted molar refractivity (Wildman–Crippen MR) is 75.1 cm³/mol. The summed E-state index contributed by atoms with van der Waals surface area (Å²) in [5.74, 6) is 0.443. The minimum atomic E-state index is -3.57. The quantitative estimate of drug-likeness (QED) is 0.848. The Morgan fingerprint density at radius 3 is 2.56 bits per heavy atom. The van der Waals surface area contributed by atoms with Crippen molar-refractivity contribution in [3.05, 3.63) is 23.2 Å². The molecule has 0 aliphatic carbocycles. The molecule has 0 spiro atoms. The second-order valence-electron chi connectivity index (χ2n) is 4.70. The van der Waals surface area contributed by atoms with Gasteiger partial charge in [0.1, 0.15) is 4.90 Å². The Balaban J connectivity index is 3.02. The third kappa shape index (κ3) is 3.60. The van der Waals surface area contributed by atoms with Gasteiger partial charge in [0.05, 0.1) is 5.02 Å². The van der Waals surface area contributed by atoms with Gasteiger partial charge < -0.3 is 5.73 Å². The van der Waals surface area contributed by atoms with Crippen molar-refractivity contribution in [3.8, 4) is 0 Å². The summed E-state index contributed by atoms with van der Waals surface area (Å²) >= 11 is 5.93. The van der Waals surface area contributed by atoms with Crippen LogP contribution in [0.15, 0.2) is 23.1 Å². The summed E-state index contributed by atoms with van der Waals surface area (Å²) in [6.45, 7) is 4.56. The number of halogens is 1. The van der Waals surface area contributed by atoms with E-state index >= 15 is 0 Å². The molecule has 6 heteroatoms. The maximum atomic E-state index is 12.3. The number of hydrogen-bond donors (Lipinski definition) is 1. The predicted octanol–water partition coefficient (Wildman–Crippen LogP) is 2.59. The van der Waals surface area contributed by atoms with Crippen LogP contribution >= 0.6 is 11.6 Å². The molecule has 0 unspecified atom stereocenters. The molecular weight excluding hydrogens is 272 g/mol. The fraction of sp³-hybridized carbons (Fsp3) is 0.500. The van der Waals surface area contributed by atoms with Crippen LogP contribution < -0.4 is 5.73 Å². The number of benzene rings is 1. The maximum Gasteiger partial charge on any atom is 0.244 e. The van der Waals surface area contributed by atoms with E-state index in [1.165, 1.54) is 16.4 Å². The Hall–Kier alpha value is -0.780. The minimum absolute atomic E-state index is 0.0652. The highest BCUT2D eigenvalue weighted by molar-refractivity contribution is 7.89. The van der Waals surface area contributed by atoms with Crippen molar-refractivity contribution < 1.29 is 8.42 Å². The molecule has 1 aromatic rings. The molecule has 0 aliphatic heterocycles. The summed E-state index contributed by atoms with van der Waals surface area (Å²) in [4.78, 5) is 0.0652. The summed E-state index contributed by atoms with van der Waals surface area (Å²) in [5, 5.41) is 0.195. The van der Waals surface area contributed by atoms with E-state index in [1.54, 1.807) is 13.1 Å². The normalized spacial score (nSPS) is 12.3. The fourth-order valence-corrected chi connectivity index (χ4v) is 3.14. The van der Waals surface area contributed by atoms with Crippen LogP contribution in [0.5, 0.6) is 0 Å². The molecule has 4 nitrogen and oxygen atoms in total. The van der Waals surface area contributed by atoms with E-state index in [-0.39, 0.29) is 9.92 Å². The number of nitrogen functional groups attached to an aromatic ring is 1. The van der Waals surface area contributed by atoms with Crippen LogP contribution in [-0.2, 0) is 10.0 Å². The highest BCUT2D eigenvalue weighted by atomic mass is 35.5. The second kappa shape index (κ2) is 5.91. The lowest BCUT2D eigenvalue weighted by atomic mass is 10.1. The molecule has 0 saturated carbocycles. The standard InChI is InChI=1S/C12H19ClN2O2S/c1-9(2)6-7-15(3)18(16,17)12-8-10(14)4-5-11(12)13/h4-5,8-9H,6-7,14H2,1-3H3. The van der Waals surface area contributed by atoms with Gasteiger partial charge in [-0.15, -0.1) is 0 Å². The van der Waals surface area contributed by atoms with Crippen molar-refractivity contribution in [3.63, 3.8) is 0 Å². The first-order chi connectivity index (χ1) is 8.25. The third-order valence-corrected chi connectivity index (χ3v) is 5.00. The zero-order valence-corrected chi connectivity index (χ0v) is 12.4. The summed E-state index contributed by atoms with van der Waals surface area (Å²) in [6, 6.07) is 4.47. The number of anilines is 1. The summed E-state index contributed by atoms with van der Waals surface area (Å²) < 4.78 is 25.9. The lowest BCUT2D eigenvalue weighted by molar-refractivity contribution is 0.428. The highest BCUT2D eigenvalue weighted by Gasteiger charge is 2.23. The van der Waals surface area contributed by atoms with Gasteiger partial charge in [0.25, 0.3) is 0 Å². The molecule has 0 saturated heterocycles. The van der Waals surface area contributed by atoms with E-state index in [0.717, 1.165) is 6.42 Å². The van der Waals surface area contributed by atoms with Crippen LogP contribution in [0.4, 0.5) is 5.69 Å². The molecule has 0 aliphatic rings. The zero-order chi connectivity index (χ0) is 13.9. The van der Waals surface area contributed by atoms with Gasteiger partial charge in [0.2, 0.25) is 10.0 Å². The van der Waals surface area contributed by atoms with Crippen molar-refractivity contribution in [2.45, 2.75) is 25.2 Å². The molecule has 102 valence electrons. The summed E-state index contributed by atoms with van der Waals surface area (Å²) in [7, 11) is -2.01. The number of hydrogen-bond acceptors (Lipinski definition) is 3. The van der Waals surface area contributed by atoms with Crippen LogP contribution in [-0.4, -0.2) is 26.3 Å². The van der Waals surface area contributed by atoms with Crippen LogP contribution in [0, 0.1) is 5.92 Å². The molecule has 1 aromatic carbocycles. The Morgan fingerprint density at radius 1 is 1.39 bits per heavy atom. The Labute approximate surface area is 114 Å². The van der Waals surface area contributed by atoms with Gasteiger partial charge in [-0.25, -0.2) is 12.7 Å². The van der Waals surface area contributed by atoms with Crippen molar-refractivity contribution in [1.29, 1.82) is 0 Å². The average Bonchev–Trinajstić information content (AvgIpc) is 2.28. The summed E-state index contributed by atoms with van der Waals surface area (Å²) in [5.41, 5.74) is 5.99. The molecule has 2 N–H and O–H groups in total. The maximum absolute atomic E-state index is 12.3. The molecule has 0 amide bonds. The van der Waals surface area contributed by atoms with Gasteiger partial charge in [-0.3, -0.25) is 0 Å². The number of nitrogens with zero attached hydrogens (tertiary/aromatic N) is 1. The Kier molecular flexibility index (Phi) is 5.01. The van der Waals surface area contributed by atoms with E-state index in [1.807, 2.05) is 13.8 Å². The van der Waals surface area contributed by atoms with Gasteiger partial charge in [0, 0.05) is 19.3 Å². The van der Waals surface area contributed by atoms with E-state index < -0.39 is 10.0 Å². The lowest BCUT2D eigenvalue weighted by Gasteiger charge is -2.19. The van der Waals surface area contributed by atoms with Crippen molar-refractivity contribution in [1.82, 2.24) is 4.31 Å². The Bertz CT molecular complexity index is 515. The SMILES string of the molecule is CC(C)CCN(C)S(=O)(=O)c1cc(N)ccc1Cl. The molecule has 1 rings (SSSR count). The smallest absolute Gasteiger partial charge is 0.244 e. The second-order valence-corrected chi connectivity index (χ2v) is 7.12. The largest absolute Gasteiger partial charge is 0.399 e. The van der Waals surface area contributed by atoms with Crippen molar-refractivity contribution in [2.24, 2.45) is 5.92 Å². The van der Waals surface area contributed by atoms with Gasteiger partial charge >= 0.3 is 0 Å². The van der Waals surface area contributed by atoms with E-state index in [0.29, 0.717) is 18.2 Å². The van der Waals surface area contributed by atoms with E-state index in [4.69, 9.17) is 17.3 Å². The van der Waals surface area contributed by atoms with Crippen molar-refractivity contribution >= 4 is 27.3 Å². The first-order valence-electron chi connectivity index (χ1n) is 5.76. The average molecular weight is 291 g/mol. The van der Waals surface area contributed by atoms with Crippen LogP contribution in [0.25, 0.3) is 0 Å². The lowest BCUT2D eigenvalue weighted by Crippen LogP contribution is -2.29. The minimum Gasteiger partial charge on any atom is -0.399 e. The molecule has 0 heterocycles. The molecule has 0 bridgehead atoms. The van der Waals surface area contributed by atoms with Gasteiger partial charge in [-0.05, 0) is 30.5 Å². The van der Waals surface area contributed by atoms with Gasteiger partial charge in [0.15, 0.2) is 0 Å². The van der Waals surface area contributed by atoms with Crippen molar-refractivity contribution in [2.75, 3.05) is 19.3 Å². The monoisotopic (exact) mass is 290 g/mol. The molecule has 0 atom stereocenters. The number of nitrogens with two attached hydrogens (primary N) is 1. The molecular formula is C12H19ClN2O2S. The molecule has 0 aromatic heterocycles. The zero-order valence-electron chi connectivity index (χ0n) is 10.9. The van der Waals surface area contributed by atoms with Gasteiger partial charge in [-0.1, -0.05) is 25.4 Å². The third-order valence-electron chi connectivity index (χ3n) is 2.66. The first-order valence-corrected chi connectivity index (χ1v) is 7.58. The number of sulfonamides is 1. The van der Waals surface area contributed by atoms with E-state index in [9.17, 15) is 8.42 Å². The first kappa shape index (κ1) is 15.3. The molecule has 0 fully saturated rings. The molecule has 0 radical (unpaired) electrons. The van der Waals surface area contributed by atoms with Crippen LogP contribution in [0.3, 0.4) is 0 Å². The van der Waals surface area contributed by atoms with E-state index in [2.05, 4.69) is 0 Å².